The smallest absolute Gasteiger partial charge is 0.337 e. The molecular formula is C19H19ClN2O6S. The highest BCUT2D eigenvalue weighted by Crippen LogP contribution is 2.36. The second-order valence-electron chi connectivity index (χ2n) is 6.40. The topological polar surface area (TPSA) is 102 Å². The number of methoxy groups -OCH3 is 1. The fraction of sp³-hybridized carbons (Fsp3) is 0.263. The highest BCUT2D eigenvalue weighted by molar-refractivity contribution is 7.92. The van der Waals surface area contributed by atoms with Gasteiger partial charge in [-0.05, 0) is 42.5 Å². The van der Waals surface area contributed by atoms with Crippen molar-refractivity contribution < 1.29 is 27.5 Å². The monoisotopic (exact) mass is 438 g/mol. The Morgan fingerprint density at radius 3 is 2.52 bits per heavy atom. The largest absolute Gasteiger partial charge is 0.478 e. The highest BCUT2D eigenvalue weighted by atomic mass is 35.5. The minimum Gasteiger partial charge on any atom is -0.478 e. The van der Waals surface area contributed by atoms with Gasteiger partial charge in [0.1, 0.15) is 5.75 Å². The molecule has 2 aromatic carbocycles. The Morgan fingerprint density at radius 1 is 1.21 bits per heavy atom. The summed E-state index contributed by atoms with van der Waals surface area (Å²) in [6, 6.07) is 10.8. The molecule has 0 radical (unpaired) electrons. The number of sulfonamides is 1. The number of carbonyl (C=O) groups excluding carboxylic acids is 2. The van der Waals surface area contributed by atoms with Crippen LogP contribution in [-0.2, 0) is 19.6 Å². The number of rotatable bonds is 4. The predicted octanol–water partition coefficient (Wildman–Crippen LogP) is 2.68. The number of hydrogen-bond donors (Lipinski definition) is 1. The minimum atomic E-state index is -3.58. The van der Waals surface area contributed by atoms with E-state index in [0.717, 1.165) is 6.26 Å². The van der Waals surface area contributed by atoms with E-state index in [-0.39, 0.29) is 24.4 Å². The maximum absolute atomic E-state index is 12.7. The summed E-state index contributed by atoms with van der Waals surface area (Å²) in [6.45, 7) is 0.0611. The molecule has 0 aromatic heterocycles. The fourth-order valence-corrected chi connectivity index (χ4v) is 4.01. The Labute approximate surface area is 173 Å². The average molecular weight is 439 g/mol. The van der Waals surface area contributed by atoms with Crippen LogP contribution in [0.15, 0.2) is 42.5 Å². The first-order chi connectivity index (χ1) is 13.7. The van der Waals surface area contributed by atoms with Crippen LogP contribution >= 0.6 is 11.6 Å². The zero-order valence-corrected chi connectivity index (χ0v) is 17.3. The number of benzene rings is 2. The molecule has 0 fully saturated rings. The molecular weight excluding hydrogens is 420 g/mol. The minimum absolute atomic E-state index is 0.0611. The van der Waals surface area contributed by atoms with E-state index in [2.05, 4.69) is 10.1 Å². The Hall–Kier alpha value is -2.78. The van der Waals surface area contributed by atoms with Crippen LogP contribution < -0.4 is 14.4 Å². The Kier molecular flexibility index (Phi) is 5.99. The molecule has 8 nitrogen and oxygen atoms in total. The number of hydrogen-bond acceptors (Lipinski definition) is 6. The van der Waals surface area contributed by atoms with Crippen molar-refractivity contribution in [3.8, 4) is 5.75 Å². The first-order valence-corrected chi connectivity index (χ1v) is 10.8. The molecule has 0 spiro atoms. The molecule has 1 heterocycles. The van der Waals surface area contributed by atoms with Crippen molar-refractivity contribution in [1.82, 2.24) is 0 Å². The summed E-state index contributed by atoms with van der Waals surface area (Å²) < 4.78 is 36.0. The van der Waals surface area contributed by atoms with Crippen molar-refractivity contribution in [2.75, 3.05) is 29.5 Å². The lowest BCUT2D eigenvalue weighted by Crippen LogP contribution is -2.35. The van der Waals surface area contributed by atoms with Crippen LogP contribution in [0.3, 0.4) is 0 Å². The van der Waals surface area contributed by atoms with Crippen LogP contribution in [0.1, 0.15) is 16.8 Å². The van der Waals surface area contributed by atoms with Gasteiger partial charge in [0.15, 0.2) is 6.10 Å². The third-order valence-electron chi connectivity index (χ3n) is 4.32. The molecule has 2 aromatic rings. The van der Waals surface area contributed by atoms with Gasteiger partial charge in [0, 0.05) is 23.7 Å². The van der Waals surface area contributed by atoms with Gasteiger partial charge in [0.2, 0.25) is 10.0 Å². The maximum Gasteiger partial charge on any atom is 0.337 e. The van der Waals surface area contributed by atoms with Crippen LogP contribution in [0.25, 0.3) is 0 Å². The van der Waals surface area contributed by atoms with Gasteiger partial charge in [-0.1, -0.05) is 11.6 Å². The molecule has 0 aliphatic carbocycles. The van der Waals surface area contributed by atoms with E-state index in [1.807, 2.05) is 0 Å². The van der Waals surface area contributed by atoms with E-state index in [9.17, 15) is 18.0 Å². The summed E-state index contributed by atoms with van der Waals surface area (Å²) in [4.78, 5) is 24.2. The van der Waals surface area contributed by atoms with Gasteiger partial charge in [-0.2, -0.15) is 0 Å². The molecule has 0 unspecified atom stereocenters. The van der Waals surface area contributed by atoms with Gasteiger partial charge in [0.05, 0.1) is 24.6 Å². The van der Waals surface area contributed by atoms with E-state index in [4.69, 9.17) is 16.3 Å². The number of anilines is 2. The third kappa shape index (κ3) is 4.80. The SMILES string of the molecule is COC(=O)c1ccc(NC(=O)[C@H]2CCN(S(C)(=O)=O)c3cc(Cl)ccc3O2)cc1. The number of nitrogens with one attached hydrogen (secondary N) is 1. The Balaban J connectivity index is 1.80. The van der Waals surface area contributed by atoms with Gasteiger partial charge in [0.25, 0.3) is 5.91 Å². The lowest BCUT2D eigenvalue weighted by atomic mass is 10.2. The molecule has 1 aliphatic rings. The second kappa shape index (κ2) is 8.30. The average Bonchev–Trinajstić information content (AvgIpc) is 2.87. The fourth-order valence-electron chi connectivity index (χ4n) is 2.91. The van der Waals surface area contributed by atoms with E-state index in [1.165, 1.54) is 35.7 Å². The van der Waals surface area contributed by atoms with Crippen molar-refractivity contribution in [2.24, 2.45) is 0 Å². The first kappa shape index (κ1) is 20.9. The van der Waals surface area contributed by atoms with Crippen molar-refractivity contribution in [1.29, 1.82) is 0 Å². The summed E-state index contributed by atoms with van der Waals surface area (Å²) in [5.41, 5.74) is 1.11. The van der Waals surface area contributed by atoms with Gasteiger partial charge in [-0.15, -0.1) is 0 Å². The number of carbonyl (C=O) groups is 2. The number of esters is 1. The zero-order chi connectivity index (χ0) is 21.2. The molecule has 10 heteroatoms. The Bertz CT molecular complexity index is 1040. The highest BCUT2D eigenvalue weighted by Gasteiger charge is 2.31. The van der Waals surface area contributed by atoms with Gasteiger partial charge in [-0.3, -0.25) is 9.10 Å². The first-order valence-electron chi connectivity index (χ1n) is 8.62. The zero-order valence-electron chi connectivity index (χ0n) is 15.7. The standard InChI is InChI=1S/C19H19ClN2O6S/c1-27-19(24)12-3-6-14(7-4-12)21-18(23)17-9-10-22(29(2,25)26)15-11-13(20)5-8-16(15)28-17/h3-8,11,17H,9-10H2,1-2H3,(H,21,23)/t17-/m1/s1. The molecule has 1 amide bonds. The molecule has 0 bridgehead atoms. The molecule has 1 aliphatic heterocycles. The number of amides is 1. The van der Waals surface area contributed by atoms with Gasteiger partial charge in [-0.25, -0.2) is 13.2 Å². The van der Waals surface area contributed by atoms with E-state index in [0.29, 0.717) is 16.3 Å². The van der Waals surface area contributed by atoms with E-state index < -0.39 is 28.0 Å². The molecule has 29 heavy (non-hydrogen) atoms. The second-order valence-corrected chi connectivity index (χ2v) is 8.74. The summed E-state index contributed by atoms with van der Waals surface area (Å²) >= 11 is 6.01. The maximum atomic E-state index is 12.7. The summed E-state index contributed by atoms with van der Waals surface area (Å²) in [7, 11) is -2.30. The summed E-state index contributed by atoms with van der Waals surface area (Å²) in [5, 5.41) is 3.07. The number of halogens is 1. The molecule has 1 atom stereocenters. The van der Waals surface area contributed by atoms with Crippen LogP contribution in [0.2, 0.25) is 5.02 Å². The molecule has 1 N–H and O–H groups in total. The van der Waals surface area contributed by atoms with E-state index in [1.54, 1.807) is 18.2 Å². The lowest BCUT2D eigenvalue weighted by Gasteiger charge is -2.21. The van der Waals surface area contributed by atoms with Crippen LogP contribution in [-0.4, -0.2) is 46.3 Å². The molecule has 0 saturated carbocycles. The van der Waals surface area contributed by atoms with Crippen molar-refractivity contribution in [2.45, 2.75) is 12.5 Å². The number of fused-ring (bicyclic) bond motifs is 1. The summed E-state index contributed by atoms with van der Waals surface area (Å²) in [6.07, 6.45) is 0.314. The molecule has 154 valence electrons. The molecule has 0 saturated heterocycles. The predicted molar refractivity (Wildman–Crippen MR) is 109 cm³/mol. The quantitative estimate of drug-likeness (QED) is 0.736. The van der Waals surface area contributed by atoms with E-state index >= 15 is 0 Å². The van der Waals surface area contributed by atoms with Crippen molar-refractivity contribution in [3.05, 3.63) is 53.1 Å². The van der Waals surface area contributed by atoms with Crippen LogP contribution in [0.4, 0.5) is 11.4 Å². The summed E-state index contributed by atoms with van der Waals surface area (Å²) in [5.74, 6) is -0.670. The number of ether oxygens (including phenoxy) is 2. The lowest BCUT2D eigenvalue weighted by molar-refractivity contribution is -0.122. The van der Waals surface area contributed by atoms with Gasteiger partial charge >= 0.3 is 5.97 Å². The van der Waals surface area contributed by atoms with Crippen LogP contribution in [0.5, 0.6) is 5.75 Å². The van der Waals surface area contributed by atoms with Crippen molar-refractivity contribution in [3.63, 3.8) is 0 Å². The Morgan fingerprint density at radius 2 is 1.90 bits per heavy atom. The van der Waals surface area contributed by atoms with Crippen molar-refractivity contribution >= 4 is 44.9 Å². The van der Waals surface area contributed by atoms with Gasteiger partial charge < -0.3 is 14.8 Å². The third-order valence-corrected chi connectivity index (χ3v) is 5.73. The molecule has 3 rings (SSSR count). The number of nitrogens with zero attached hydrogens (tertiary/aromatic N) is 1. The van der Waals surface area contributed by atoms with Crippen LogP contribution in [0, 0.1) is 0 Å². The normalized spacial score (nSPS) is 16.2.